The topological polar surface area (TPSA) is 94.3 Å². The van der Waals surface area contributed by atoms with Crippen LogP contribution in [0.1, 0.15) is 39.1 Å². The van der Waals surface area contributed by atoms with E-state index in [1.807, 2.05) is 22.8 Å². The summed E-state index contributed by atoms with van der Waals surface area (Å²) in [5.74, 6) is 2.21. The number of aromatic amines is 1. The number of benzene rings is 2. The summed E-state index contributed by atoms with van der Waals surface area (Å²) in [5, 5.41) is 18.9. The van der Waals surface area contributed by atoms with Crippen LogP contribution in [-0.2, 0) is 19.5 Å². The van der Waals surface area contributed by atoms with Gasteiger partial charge in [0.2, 0.25) is 5.82 Å². The highest BCUT2D eigenvalue weighted by molar-refractivity contribution is 5.70. The molecule has 8 nitrogen and oxygen atoms in total. The fraction of sp³-hybridized carbons (Fsp3) is 0.375. The van der Waals surface area contributed by atoms with Crippen LogP contribution in [0.5, 0.6) is 0 Å². The van der Waals surface area contributed by atoms with Crippen LogP contribution < -0.4 is 5.69 Å². The minimum Gasteiger partial charge on any atom is -0.274 e. The van der Waals surface area contributed by atoms with Crippen molar-refractivity contribution < 1.29 is 0 Å². The summed E-state index contributed by atoms with van der Waals surface area (Å²) in [4.78, 5) is 13.0. The molecular formula is C24H29N7O. The zero-order valence-corrected chi connectivity index (χ0v) is 19.0. The Morgan fingerprint density at radius 2 is 1.69 bits per heavy atom. The monoisotopic (exact) mass is 431 g/mol. The summed E-state index contributed by atoms with van der Waals surface area (Å²) in [6.07, 6.45) is 0.779. The van der Waals surface area contributed by atoms with Gasteiger partial charge < -0.3 is 0 Å². The molecule has 0 radical (unpaired) electrons. The molecule has 32 heavy (non-hydrogen) atoms. The van der Waals surface area contributed by atoms with Gasteiger partial charge in [-0.05, 0) is 39.8 Å². The molecule has 166 valence electrons. The average Bonchev–Trinajstić information content (AvgIpc) is 3.39. The second-order valence-electron chi connectivity index (χ2n) is 8.97. The molecule has 0 unspecified atom stereocenters. The minimum atomic E-state index is -0.0359. The Labute approximate surface area is 187 Å². The van der Waals surface area contributed by atoms with Gasteiger partial charge in [-0.1, -0.05) is 70.2 Å². The fourth-order valence-corrected chi connectivity index (χ4v) is 3.73. The van der Waals surface area contributed by atoms with Gasteiger partial charge in [0.25, 0.3) is 0 Å². The van der Waals surface area contributed by atoms with Crippen molar-refractivity contribution in [2.75, 3.05) is 0 Å². The molecule has 2 heterocycles. The first-order valence-electron chi connectivity index (χ1n) is 11.0. The van der Waals surface area contributed by atoms with Gasteiger partial charge in [0, 0.05) is 18.5 Å². The molecule has 0 amide bonds. The van der Waals surface area contributed by atoms with E-state index in [4.69, 9.17) is 0 Å². The number of nitrogens with one attached hydrogen (secondary N) is 1. The van der Waals surface area contributed by atoms with Crippen LogP contribution in [0.4, 0.5) is 0 Å². The van der Waals surface area contributed by atoms with Gasteiger partial charge in [0.05, 0.1) is 6.54 Å². The number of rotatable bonds is 8. The molecule has 0 aliphatic carbocycles. The first kappa shape index (κ1) is 21.7. The Hall–Kier alpha value is -3.55. The lowest BCUT2D eigenvalue weighted by Gasteiger charge is -2.09. The Kier molecular flexibility index (Phi) is 6.30. The lowest BCUT2D eigenvalue weighted by molar-refractivity contribution is 0.464. The van der Waals surface area contributed by atoms with E-state index in [9.17, 15) is 4.79 Å². The first-order valence-corrected chi connectivity index (χ1v) is 11.0. The van der Waals surface area contributed by atoms with E-state index in [0.29, 0.717) is 30.7 Å². The minimum absolute atomic E-state index is 0.0359. The van der Waals surface area contributed by atoms with Crippen molar-refractivity contribution in [2.45, 2.75) is 47.2 Å². The molecule has 4 rings (SSSR count). The van der Waals surface area contributed by atoms with Crippen molar-refractivity contribution in [1.29, 1.82) is 0 Å². The van der Waals surface area contributed by atoms with Gasteiger partial charge >= 0.3 is 5.69 Å². The molecular weight excluding hydrogens is 402 g/mol. The molecule has 4 aromatic rings. The predicted octanol–water partition coefficient (Wildman–Crippen LogP) is 3.79. The van der Waals surface area contributed by atoms with Crippen molar-refractivity contribution in [3.8, 4) is 22.5 Å². The van der Waals surface area contributed by atoms with Crippen LogP contribution in [0.15, 0.2) is 53.3 Å². The highest BCUT2D eigenvalue weighted by Gasteiger charge is 2.16. The molecule has 8 heteroatoms. The Morgan fingerprint density at radius 1 is 0.938 bits per heavy atom. The molecule has 0 spiro atoms. The van der Waals surface area contributed by atoms with Crippen LogP contribution in [0.25, 0.3) is 22.5 Å². The number of aromatic nitrogens is 7. The summed E-state index contributed by atoms with van der Waals surface area (Å²) >= 11 is 0. The lowest BCUT2D eigenvalue weighted by atomic mass is 10.0. The highest BCUT2D eigenvalue weighted by atomic mass is 16.2. The van der Waals surface area contributed by atoms with Crippen molar-refractivity contribution >= 4 is 0 Å². The Balaban J connectivity index is 1.59. The van der Waals surface area contributed by atoms with Gasteiger partial charge in [0.15, 0.2) is 0 Å². The standard InChI is InChI=1S/C24H29N7O/c1-16(2)12-22-27-31(14-17(3)4)24(32)30(22)15-18-8-10-19(11-9-18)20-6-5-7-21(13-20)23-25-28-29-26-23/h5-11,13,16-17H,12,14-15H2,1-4H3,(H,25,26,28,29). The summed E-state index contributed by atoms with van der Waals surface area (Å²) in [6, 6.07) is 16.3. The Bertz CT molecular complexity index is 1220. The maximum Gasteiger partial charge on any atom is 0.346 e. The van der Waals surface area contributed by atoms with Crippen molar-refractivity contribution in [3.63, 3.8) is 0 Å². The van der Waals surface area contributed by atoms with E-state index in [0.717, 1.165) is 34.5 Å². The van der Waals surface area contributed by atoms with Gasteiger partial charge in [-0.15, -0.1) is 10.2 Å². The number of hydrogen-bond acceptors (Lipinski definition) is 5. The summed E-state index contributed by atoms with van der Waals surface area (Å²) < 4.78 is 3.43. The molecule has 2 aromatic carbocycles. The van der Waals surface area contributed by atoms with E-state index in [-0.39, 0.29) is 5.69 Å². The predicted molar refractivity (Wildman–Crippen MR) is 124 cm³/mol. The largest absolute Gasteiger partial charge is 0.346 e. The maximum absolute atomic E-state index is 13.0. The number of nitrogens with zero attached hydrogens (tertiary/aromatic N) is 6. The molecule has 0 aliphatic rings. The fourth-order valence-electron chi connectivity index (χ4n) is 3.73. The third-order valence-electron chi connectivity index (χ3n) is 5.22. The maximum atomic E-state index is 13.0. The van der Waals surface area contributed by atoms with E-state index >= 15 is 0 Å². The van der Waals surface area contributed by atoms with Gasteiger partial charge in [0.1, 0.15) is 5.82 Å². The SMILES string of the molecule is CC(C)Cc1nn(CC(C)C)c(=O)n1Cc1ccc(-c2cccc(-c3nn[nH]n3)c2)cc1. The second-order valence-corrected chi connectivity index (χ2v) is 8.97. The zero-order chi connectivity index (χ0) is 22.7. The van der Waals surface area contributed by atoms with Gasteiger partial charge in [-0.25, -0.2) is 9.48 Å². The summed E-state index contributed by atoms with van der Waals surface area (Å²) in [5.41, 5.74) is 4.10. The van der Waals surface area contributed by atoms with Crippen LogP contribution in [-0.4, -0.2) is 35.0 Å². The number of hydrogen-bond donors (Lipinski definition) is 1. The van der Waals surface area contributed by atoms with E-state index in [1.54, 1.807) is 4.68 Å². The smallest absolute Gasteiger partial charge is 0.274 e. The molecule has 0 aliphatic heterocycles. The lowest BCUT2D eigenvalue weighted by Crippen LogP contribution is -2.27. The molecule has 0 atom stereocenters. The molecule has 2 aromatic heterocycles. The van der Waals surface area contributed by atoms with E-state index in [1.165, 1.54) is 0 Å². The molecule has 0 saturated carbocycles. The second kappa shape index (κ2) is 9.30. The Morgan fingerprint density at radius 3 is 2.34 bits per heavy atom. The molecule has 0 saturated heterocycles. The normalized spacial score (nSPS) is 11.6. The number of H-pyrrole nitrogens is 1. The van der Waals surface area contributed by atoms with Crippen LogP contribution in [0.2, 0.25) is 0 Å². The highest BCUT2D eigenvalue weighted by Crippen LogP contribution is 2.24. The number of tetrazole rings is 1. The van der Waals surface area contributed by atoms with Crippen LogP contribution >= 0.6 is 0 Å². The zero-order valence-electron chi connectivity index (χ0n) is 19.0. The average molecular weight is 432 g/mol. The van der Waals surface area contributed by atoms with E-state index < -0.39 is 0 Å². The third kappa shape index (κ3) is 4.85. The van der Waals surface area contributed by atoms with E-state index in [2.05, 4.69) is 83.7 Å². The summed E-state index contributed by atoms with van der Waals surface area (Å²) in [6.45, 7) is 9.64. The van der Waals surface area contributed by atoms with Crippen LogP contribution in [0.3, 0.4) is 0 Å². The quantitative estimate of drug-likeness (QED) is 0.458. The van der Waals surface area contributed by atoms with Crippen molar-refractivity contribution in [2.24, 2.45) is 11.8 Å². The molecule has 1 N–H and O–H groups in total. The van der Waals surface area contributed by atoms with Crippen LogP contribution in [0, 0.1) is 11.8 Å². The van der Waals surface area contributed by atoms with Gasteiger partial charge in [-0.3, -0.25) is 4.57 Å². The summed E-state index contributed by atoms with van der Waals surface area (Å²) in [7, 11) is 0. The molecule has 0 fully saturated rings. The third-order valence-corrected chi connectivity index (χ3v) is 5.22. The van der Waals surface area contributed by atoms with Crippen molar-refractivity contribution in [1.82, 2.24) is 35.0 Å². The van der Waals surface area contributed by atoms with Gasteiger partial charge in [-0.2, -0.15) is 10.3 Å². The van der Waals surface area contributed by atoms with Crippen molar-refractivity contribution in [3.05, 3.63) is 70.4 Å². The first-order chi connectivity index (χ1) is 15.4. The molecule has 0 bridgehead atoms.